The van der Waals surface area contributed by atoms with Crippen molar-refractivity contribution in [3.8, 4) is 0 Å². The van der Waals surface area contributed by atoms with E-state index in [1.807, 2.05) is 0 Å². The molecule has 0 aliphatic heterocycles. The number of amides is 1. The molecule has 1 aromatic rings. The van der Waals surface area contributed by atoms with Gasteiger partial charge in [0.1, 0.15) is 4.88 Å². The van der Waals surface area contributed by atoms with Gasteiger partial charge in [-0.3, -0.25) is 4.79 Å². The Morgan fingerprint density at radius 3 is 2.65 bits per heavy atom. The maximum Gasteiger partial charge on any atom is 0.347 e. The Kier molecular flexibility index (Phi) is 5.11. The van der Waals surface area contributed by atoms with Crippen LogP contribution in [-0.2, 0) is 4.79 Å². The van der Waals surface area contributed by atoms with Gasteiger partial charge in [-0.1, -0.05) is 43.4 Å². The number of carboxylic acid groups (broad SMARTS) is 1. The van der Waals surface area contributed by atoms with Crippen LogP contribution >= 0.6 is 11.3 Å². The minimum absolute atomic E-state index is 0.0683. The van der Waals surface area contributed by atoms with Gasteiger partial charge >= 0.3 is 5.97 Å². The summed E-state index contributed by atoms with van der Waals surface area (Å²) in [5.41, 5.74) is 0.449. The number of carboxylic acids is 1. The van der Waals surface area contributed by atoms with E-state index in [1.54, 1.807) is 6.92 Å². The molecule has 1 heterocycles. The molecule has 0 unspecified atom stereocenters. The summed E-state index contributed by atoms with van der Waals surface area (Å²) in [6.07, 6.45) is 7.74. The number of anilines is 1. The summed E-state index contributed by atoms with van der Waals surface area (Å²) in [5, 5.41) is 12.0. The largest absolute Gasteiger partial charge is 0.477 e. The van der Waals surface area contributed by atoms with Gasteiger partial charge in [0.2, 0.25) is 5.91 Å². The van der Waals surface area contributed by atoms with Crippen LogP contribution in [0.2, 0.25) is 0 Å². The Labute approximate surface area is 122 Å². The first kappa shape index (κ1) is 15.0. The number of rotatable bonds is 5. The third-order valence-corrected chi connectivity index (χ3v) is 4.80. The number of thiazole rings is 1. The Hall–Kier alpha value is -1.43. The molecule has 1 aromatic heterocycles. The molecule has 0 saturated heterocycles. The number of hydrogen-bond acceptors (Lipinski definition) is 4. The number of carbonyl (C=O) groups excluding carboxylic acids is 1. The normalized spacial score (nSPS) is 16.1. The van der Waals surface area contributed by atoms with Gasteiger partial charge in [-0.05, 0) is 19.3 Å². The van der Waals surface area contributed by atoms with Crippen LogP contribution in [0.25, 0.3) is 0 Å². The minimum atomic E-state index is -0.997. The topological polar surface area (TPSA) is 79.3 Å². The molecule has 2 rings (SSSR count). The van der Waals surface area contributed by atoms with Crippen molar-refractivity contribution in [1.29, 1.82) is 0 Å². The van der Waals surface area contributed by atoms with E-state index in [4.69, 9.17) is 5.11 Å². The Morgan fingerprint density at radius 2 is 2.05 bits per heavy atom. The summed E-state index contributed by atoms with van der Waals surface area (Å²) in [6.45, 7) is 1.64. The van der Waals surface area contributed by atoms with Crippen molar-refractivity contribution in [1.82, 2.24) is 4.98 Å². The highest BCUT2D eigenvalue weighted by Gasteiger charge is 2.17. The second kappa shape index (κ2) is 6.83. The second-order valence-corrected chi connectivity index (χ2v) is 6.33. The summed E-state index contributed by atoms with van der Waals surface area (Å²) in [7, 11) is 0. The van der Waals surface area contributed by atoms with Crippen molar-refractivity contribution in [3.63, 3.8) is 0 Å². The fourth-order valence-corrected chi connectivity index (χ4v) is 3.46. The fraction of sp³-hybridized carbons (Fsp3) is 0.643. The molecule has 20 heavy (non-hydrogen) atoms. The zero-order chi connectivity index (χ0) is 14.5. The van der Waals surface area contributed by atoms with E-state index in [9.17, 15) is 9.59 Å². The minimum Gasteiger partial charge on any atom is -0.477 e. The summed E-state index contributed by atoms with van der Waals surface area (Å²) >= 11 is 1.01. The van der Waals surface area contributed by atoms with Crippen LogP contribution in [0.5, 0.6) is 0 Å². The van der Waals surface area contributed by atoms with Crippen molar-refractivity contribution >= 4 is 28.3 Å². The van der Waals surface area contributed by atoms with E-state index in [-0.39, 0.29) is 10.8 Å². The lowest BCUT2D eigenvalue weighted by atomic mass is 9.86. The number of nitrogens with one attached hydrogen (secondary N) is 1. The molecule has 1 aliphatic rings. The molecule has 0 atom stereocenters. The van der Waals surface area contributed by atoms with Crippen LogP contribution in [0, 0.1) is 12.8 Å². The van der Waals surface area contributed by atoms with E-state index in [1.165, 1.54) is 32.1 Å². The Morgan fingerprint density at radius 1 is 1.35 bits per heavy atom. The van der Waals surface area contributed by atoms with Gasteiger partial charge in [-0.25, -0.2) is 9.78 Å². The summed E-state index contributed by atoms with van der Waals surface area (Å²) in [5.74, 6) is -0.397. The Balaban J connectivity index is 1.81. The van der Waals surface area contributed by atoms with Crippen LogP contribution in [0.3, 0.4) is 0 Å². The molecule has 5 nitrogen and oxygen atoms in total. The lowest BCUT2D eigenvalue weighted by Gasteiger charge is -2.20. The van der Waals surface area contributed by atoms with Gasteiger partial charge in [0.25, 0.3) is 0 Å². The van der Waals surface area contributed by atoms with Gasteiger partial charge in [0, 0.05) is 6.42 Å². The lowest BCUT2D eigenvalue weighted by molar-refractivity contribution is -0.116. The molecule has 1 saturated carbocycles. The quantitative estimate of drug-likeness (QED) is 0.872. The molecule has 1 amide bonds. The van der Waals surface area contributed by atoms with E-state index < -0.39 is 5.97 Å². The van der Waals surface area contributed by atoms with E-state index >= 15 is 0 Å². The number of aromatic carboxylic acids is 1. The molecular formula is C14H20N2O3S. The number of aromatic nitrogens is 1. The molecule has 6 heteroatoms. The predicted octanol–water partition coefficient (Wildman–Crippen LogP) is 3.45. The highest BCUT2D eigenvalue weighted by molar-refractivity contribution is 7.17. The van der Waals surface area contributed by atoms with Gasteiger partial charge in [0.15, 0.2) is 5.13 Å². The van der Waals surface area contributed by atoms with Crippen molar-refractivity contribution in [2.75, 3.05) is 5.32 Å². The van der Waals surface area contributed by atoms with E-state index in [2.05, 4.69) is 10.3 Å². The average Bonchev–Trinajstić information content (AvgIpc) is 2.78. The molecule has 0 bridgehead atoms. The molecule has 2 N–H and O–H groups in total. The van der Waals surface area contributed by atoms with Crippen LogP contribution in [0.1, 0.15) is 60.3 Å². The van der Waals surface area contributed by atoms with Crippen LogP contribution in [0.15, 0.2) is 0 Å². The smallest absolute Gasteiger partial charge is 0.347 e. The third-order valence-electron chi connectivity index (χ3n) is 3.74. The molecule has 1 fully saturated rings. The van der Waals surface area contributed by atoms with Crippen LogP contribution in [-0.4, -0.2) is 22.0 Å². The van der Waals surface area contributed by atoms with Gasteiger partial charge in [0.05, 0.1) is 5.69 Å². The zero-order valence-electron chi connectivity index (χ0n) is 11.6. The van der Waals surface area contributed by atoms with Gasteiger partial charge < -0.3 is 10.4 Å². The number of carbonyl (C=O) groups is 2. The Bertz CT molecular complexity index is 493. The first-order valence-corrected chi connectivity index (χ1v) is 7.88. The average molecular weight is 296 g/mol. The van der Waals surface area contributed by atoms with Crippen molar-refractivity contribution in [2.45, 2.75) is 51.9 Å². The first-order chi connectivity index (χ1) is 9.56. The highest BCUT2D eigenvalue weighted by Crippen LogP contribution is 2.28. The standard InChI is InChI=1S/C14H20N2O3S/c1-9-12(13(18)19)20-14(15-9)16-11(17)8-7-10-5-3-2-4-6-10/h10H,2-8H2,1H3,(H,18,19)(H,15,16,17). The maximum atomic E-state index is 11.9. The molecular weight excluding hydrogens is 276 g/mol. The SMILES string of the molecule is Cc1nc(NC(=O)CCC2CCCCC2)sc1C(=O)O. The van der Waals surface area contributed by atoms with Crippen molar-refractivity contribution in [2.24, 2.45) is 5.92 Å². The lowest BCUT2D eigenvalue weighted by Crippen LogP contribution is -2.14. The monoisotopic (exact) mass is 296 g/mol. The molecule has 0 radical (unpaired) electrons. The van der Waals surface area contributed by atoms with Gasteiger partial charge in [-0.2, -0.15) is 0 Å². The third kappa shape index (κ3) is 4.03. The van der Waals surface area contributed by atoms with Crippen molar-refractivity contribution in [3.05, 3.63) is 10.6 Å². The van der Waals surface area contributed by atoms with Crippen LogP contribution < -0.4 is 5.32 Å². The van der Waals surface area contributed by atoms with Crippen molar-refractivity contribution < 1.29 is 14.7 Å². The van der Waals surface area contributed by atoms with Gasteiger partial charge in [-0.15, -0.1) is 0 Å². The molecule has 0 aromatic carbocycles. The molecule has 110 valence electrons. The van der Waals surface area contributed by atoms with E-state index in [0.717, 1.165) is 17.8 Å². The number of nitrogens with zero attached hydrogens (tertiary/aromatic N) is 1. The predicted molar refractivity (Wildman–Crippen MR) is 78.2 cm³/mol. The summed E-state index contributed by atoms with van der Waals surface area (Å²) in [4.78, 5) is 27.0. The number of hydrogen-bond donors (Lipinski definition) is 2. The highest BCUT2D eigenvalue weighted by atomic mass is 32.1. The number of aryl methyl sites for hydroxylation is 1. The molecule has 1 aliphatic carbocycles. The second-order valence-electron chi connectivity index (χ2n) is 5.33. The zero-order valence-corrected chi connectivity index (χ0v) is 12.5. The molecule has 0 spiro atoms. The fourth-order valence-electron chi connectivity index (χ4n) is 2.64. The maximum absolute atomic E-state index is 11.9. The summed E-state index contributed by atoms with van der Waals surface area (Å²) < 4.78 is 0. The summed E-state index contributed by atoms with van der Waals surface area (Å²) in [6, 6.07) is 0. The van der Waals surface area contributed by atoms with Crippen LogP contribution in [0.4, 0.5) is 5.13 Å². The first-order valence-electron chi connectivity index (χ1n) is 7.07. The van der Waals surface area contributed by atoms with E-state index in [0.29, 0.717) is 23.2 Å².